The molecule has 2 aromatic heterocycles. The summed E-state index contributed by atoms with van der Waals surface area (Å²) < 4.78 is 21.1. The van der Waals surface area contributed by atoms with Gasteiger partial charge < -0.3 is 23.8 Å². The average Bonchev–Trinajstić information content (AvgIpc) is 3.16. The maximum absolute atomic E-state index is 14.2. The lowest BCUT2D eigenvalue weighted by Gasteiger charge is -2.21. The van der Waals surface area contributed by atoms with E-state index in [1.54, 1.807) is 44.5 Å². The van der Waals surface area contributed by atoms with E-state index in [1.807, 2.05) is 12.1 Å². The Morgan fingerprint density at radius 2 is 1.15 bits per heavy atom. The van der Waals surface area contributed by atoms with Crippen molar-refractivity contribution in [2.45, 2.75) is 6.54 Å². The van der Waals surface area contributed by atoms with Crippen LogP contribution in [0.3, 0.4) is 0 Å². The van der Waals surface area contributed by atoms with Crippen LogP contribution in [0.15, 0.2) is 73.1 Å². The van der Waals surface area contributed by atoms with Crippen LogP contribution >= 0.6 is 34.8 Å². The largest absolute Gasteiger partial charge is 0.497 e. The normalized spacial score (nSPS) is 11.3. The van der Waals surface area contributed by atoms with E-state index in [2.05, 4.69) is 9.97 Å². The summed E-state index contributed by atoms with van der Waals surface area (Å²) in [5, 5.41) is 2.52. The van der Waals surface area contributed by atoms with Crippen LogP contribution in [0.4, 0.5) is 0 Å². The van der Waals surface area contributed by atoms with Gasteiger partial charge in [-0.15, -0.1) is 0 Å². The molecule has 0 atom stereocenters. The van der Waals surface area contributed by atoms with Gasteiger partial charge in [-0.1, -0.05) is 59.1 Å². The molecule has 53 heavy (non-hydrogen) atoms. The second kappa shape index (κ2) is 14.0. The average molecular weight is 771 g/mol. The molecule has 0 bridgehead atoms. The van der Waals surface area contributed by atoms with Gasteiger partial charge in [-0.2, -0.15) is 0 Å². The molecule has 0 aliphatic heterocycles. The molecule has 7 rings (SSSR count). The van der Waals surface area contributed by atoms with Gasteiger partial charge in [-0.25, -0.2) is 14.4 Å². The van der Waals surface area contributed by atoms with Crippen LogP contribution in [0, 0.1) is 0 Å². The molecule has 0 spiro atoms. The van der Waals surface area contributed by atoms with Gasteiger partial charge in [0.05, 0.1) is 59.1 Å². The first-order valence-electron chi connectivity index (χ1n) is 15.8. The zero-order valence-corrected chi connectivity index (χ0v) is 30.6. The van der Waals surface area contributed by atoms with Crippen LogP contribution in [0.25, 0.3) is 43.4 Å². The summed E-state index contributed by atoms with van der Waals surface area (Å²) >= 11 is 18.7. The van der Waals surface area contributed by atoms with Crippen molar-refractivity contribution in [1.29, 1.82) is 0 Å². The first kappa shape index (κ1) is 35.6. The number of hydrogen-bond donors (Lipinski definition) is 0. The van der Waals surface area contributed by atoms with E-state index >= 15 is 0 Å². The van der Waals surface area contributed by atoms with Crippen molar-refractivity contribution in [3.63, 3.8) is 0 Å². The lowest BCUT2D eigenvalue weighted by molar-refractivity contribution is 0.0593. The molecule has 0 aliphatic rings. The highest BCUT2D eigenvalue weighted by Crippen LogP contribution is 2.43. The number of amides is 1. The summed E-state index contributed by atoms with van der Waals surface area (Å²) in [6.45, 7) is 0.267. The molecule has 266 valence electrons. The van der Waals surface area contributed by atoms with Gasteiger partial charge in [0, 0.05) is 68.9 Å². The third kappa shape index (κ3) is 6.06. The molecule has 1 amide bonds. The summed E-state index contributed by atoms with van der Waals surface area (Å²) in [7, 11) is 5.69. The van der Waals surface area contributed by atoms with E-state index in [-0.39, 0.29) is 60.9 Å². The monoisotopic (exact) mass is 769 g/mol. The second-order valence-electron chi connectivity index (χ2n) is 11.9. The maximum atomic E-state index is 14.2. The molecule has 0 fully saturated rings. The van der Waals surface area contributed by atoms with E-state index in [0.29, 0.717) is 43.7 Å². The number of pyridine rings is 2. The quantitative estimate of drug-likeness (QED) is 0.0640. The Hall–Kier alpha value is -5.75. The van der Waals surface area contributed by atoms with Crippen molar-refractivity contribution < 1.29 is 38.1 Å². The first-order valence-corrected chi connectivity index (χ1v) is 16.9. The van der Waals surface area contributed by atoms with Crippen molar-refractivity contribution in [2.75, 3.05) is 28.4 Å². The molecule has 0 aliphatic carbocycles. The number of ether oxygens (including phenoxy) is 4. The number of carbonyl (C=O) groups is 4. The van der Waals surface area contributed by atoms with Gasteiger partial charge in [0.2, 0.25) is 0 Å². The van der Waals surface area contributed by atoms with Crippen molar-refractivity contribution in [2.24, 2.45) is 0 Å². The minimum Gasteiger partial charge on any atom is -0.497 e. The highest BCUT2D eigenvalue weighted by atomic mass is 35.5. The van der Waals surface area contributed by atoms with Crippen molar-refractivity contribution in [1.82, 2.24) is 14.9 Å². The standard InChI is InChI=1S/C39H26Cl3N3O8/c1-45(17-18-5-7-20(50-2)8-6-18)36(46)23-11-9-21-31-29(23)25(37(47)51-3)15-43-33(31)22-10-12-24(30-26(38(48)52-4)16-44-34(21)32(22)30)39(49)53-35-27(41)13-19(40)14-28(35)42/h5-16H,17H2,1-4H3. The molecule has 0 saturated heterocycles. The molecule has 5 aromatic carbocycles. The fourth-order valence-corrected chi connectivity index (χ4v) is 7.40. The van der Waals surface area contributed by atoms with Gasteiger partial charge in [-0.3, -0.25) is 14.8 Å². The Morgan fingerprint density at radius 3 is 1.66 bits per heavy atom. The first-order chi connectivity index (χ1) is 25.5. The molecule has 7 aromatic rings. The van der Waals surface area contributed by atoms with Gasteiger partial charge in [0.1, 0.15) is 5.75 Å². The number of hydrogen-bond acceptors (Lipinski definition) is 10. The number of carbonyl (C=O) groups excluding carboxylic acids is 4. The predicted molar refractivity (Wildman–Crippen MR) is 201 cm³/mol. The number of methoxy groups -OCH3 is 3. The van der Waals surface area contributed by atoms with Crippen LogP contribution in [0.5, 0.6) is 11.5 Å². The van der Waals surface area contributed by atoms with E-state index in [1.165, 1.54) is 49.7 Å². The summed E-state index contributed by atoms with van der Waals surface area (Å²) in [4.78, 5) is 65.4. The van der Waals surface area contributed by atoms with Crippen molar-refractivity contribution in [3.8, 4) is 11.5 Å². The molecule has 0 N–H and O–H groups in total. The molecule has 14 heteroatoms. The van der Waals surface area contributed by atoms with Gasteiger partial charge in [0.25, 0.3) is 5.91 Å². The summed E-state index contributed by atoms with van der Waals surface area (Å²) in [5.41, 5.74) is 1.84. The highest BCUT2D eigenvalue weighted by Gasteiger charge is 2.29. The number of benzene rings is 5. The fraction of sp³-hybridized carbons (Fsp3) is 0.128. The number of aromatic nitrogens is 2. The highest BCUT2D eigenvalue weighted by molar-refractivity contribution is 6.41. The number of halogens is 3. The van der Waals surface area contributed by atoms with E-state index in [9.17, 15) is 19.2 Å². The number of nitrogens with zero attached hydrogens (tertiary/aromatic N) is 3. The summed E-state index contributed by atoms with van der Waals surface area (Å²) in [6, 6.07) is 16.5. The SMILES string of the molecule is COC(=O)c1cnc2c3ccc(C(=O)N(C)Cc4ccc(OC)cc4)c4c(C(=O)OC)cnc(c5ccc(C(=O)Oc6c(Cl)cc(Cl)cc6Cl)c1c52)c43. The fourth-order valence-electron chi connectivity index (χ4n) is 6.51. The van der Waals surface area contributed by atoms with E-state index in [0.717, 1.165) is 5.56 Å². The molecule has 0 unspecified atom stereocenters. The van der Waals surface area contributed by atoms with Gasteiger partial charge >= 0.3 is 17.9 Å². The molecule has 0 saturated carbocycles. The number of rotatable bonds is 8. The molecular weight excluding hydrogens is 745 g/mol. The third-order valence-corrected chi connectivity index (χ3v) is 9.70. The molecular formula is C39H26Cl3N3O8. The van der Waals surface area contributed by atoms with Crippen LogP contribution in [0.1, 0.15) is 47.0 Å². The van der Waals surface area contributed by atoms with Crippen LogP contribution in [0.2, 0.25) is 15.1 Å². The van der Waals surface area contributed by atoms with Crippen LogP contribution in [-0.2, 0) is 16.0 Å². The van der Waals surface area contributed by atoms with E-state index in [4.69, 9.17) is 53.8 Å². The van der Waals surface area contributed by atoms with Gasteiger partial charge in [0.15, 0.2) is 5.75 Å². The minimum atomic E-state index is -0.879. The van der Waals surface area contributed by atoms with E-state index < -0.39 is 17.9 Å². The summed E-state index contributed by atoms with van der Waals surface area (Å²) in [6.07, 6.45) is 2.64. The molecule has 2 heterocycles. The predicted octanol–water partition coefficient (Wildman–Crippen LogP) is 8.56. The van der Waals surface area contributed by atoms with Crippen LogP contribution in [-0.4, -0.2) is 67.1 Å². The Balaban J connectivity index is 1.47. The lowest BCUT2D eigenvalue weighted by atomic mass is 9.88. The summed E-state index contributed by atoms with van der Waals surface area (Å²) in [5.74, 6) is -2.14. The smallest absolute Gasteiger partial charge is 0.344 e. The number of esters is 3. The Morgan fingerprint density at radius 1 is 0.642 bits per heavy atom. The Labute approximate surface area is 316 Å². The Kier molecular flexibility index (Phi) is 9.41. The topological polar surface area (TPSA) is 134 Å². The molecule has 0 radical (unpaired) electrons. The van der Waals surface area contributed by atoms with Crippen LogP contribution < -0.4 is 9.47 Å². The number of fused-ring (bicyclic) bond motifs is 2. The van der Waals surface area contributed by atoms with Crippen molar-refractivity contribution in [3.05, 3.63) is 116 Å². The third-order valence-electron chi connectivity index (χ3n) is 8.92. The molecule has 11 nitrogen and oxygen atoms in total. The zero-order valence-electron chi connectivity index (χ0n) is 28.4. The maximum Gasteiger partial charge on any atom is 0.344 e. The second-order valence-corrected chi connectivity index (χ2v) is 13.2. The minimum absolute atomic E-state index is 0.000324. The zero-order chi connectivity index (χ0) is 37.7. The van der Waals surface area contributed by atoms with Gasteiger partial charge in [-0.05, 0) is 42.0 Å². The van der Waals surface area contributed by atoms with Crippen molar-refractivity contribution >= 4 is 102 Å². The Bertz CT molecular complexity index is 2620. The lowest BCUT2D eigenvalue weighted by Crippen LogP contribution is -2.26.